The first-order valence-electron chi connectivity index (χ1n) is 15.0. The maximum atomic E-state index is 13.8. The number of aliphatic hydroxyl groups is 1. The Morgan fingerprint density at radius 2 is 1.95 bits per heavy atom. The van der Waals surface area contributed by atoms with E-state index in [1.807, 2.05) is 53.4 Å². The minimum absolute atomic E-state index is 0.0158. The molecule has 222 valence electrons. The van der Waals surface area contributed by atoms with Crippen LogP contribution in [0.25, 0.3) is 11.1 Å². The zero-order valence-electron chi connectivity index (χ0n) is 24.2. The Balaban J connectivity index is 1.49. The lowest BCUT2D eigenvalue weighted by atomic mass is 9.72. The molecular formula is C34H40ClN3O4. The molecule has 1 saturated heterocycles. The summed E-state index contributed by atoms with van der Waals surface area (Å²) in [6, 6.07) is 19.8. The molecule has 3 aromatic rings. The maximum absolute atomic E-state index is 13.8. The van der Waals surface area contributed by atoms with Gasteiger partial charge in [-0.25, -0.2) is 4.79 Å². The third-order valence-electron chi connectivity index (χ3n) is 8.84. The zero-order chi connectivity index (χ0) is 29.7. The topological polar surface area (TPSA) is 102 Å². The van der Waals surface area contributed by atoms with E-state index in [1.54, 1.807) is 0 Å². The van der Waals surface area contributed by atoms with Gasteiger partial charge in [-0.3, -0.25) is 4.79 Å². The van der Waals surface area contributed by atoms with Crippen LogP contribution in [0.1, 0.15) is 65.2 Å². The van der Waals surface area contributed by atoms with Gasteiger partial charge in [0, 0.05) is 48.2 Å². The fourth-order valence-electron chi connectivity index (χ4n) is 6.58. The molecule has 42 heavy (non-hydrogen) atoms. The van der Waals surface area contributed by atoms with Crippen molar-refractivity contribution in [3.63, 3.8) is 0 Å². The molecule has 0 radical (unpaired) electrons. The van der Waals surface area contributed by atoms with Crippen molar-refractivity contribution in [1.82, 2.24) is 15.5 Å². The molecular weight excluding hydrogens is 550 g/mol. The predicted octanol–water partition coefficient (Wildman–Crippen LogP) is 6.00. The van der Waals surface area contributed by atoms with Crippen molar-refractivity contribution in [2.75, 3.05) is 26.2 Å². The average Bonchev–Trinajstić information content (AvgIpc) is 3.02. The number of likely N-dealkylation sites (tertiary alicyclic amines) is 1. The first-order chi connectivity index (χ1) is 20.3. The number of benzene rings is 3. The number of aryl methyl sites for hydroxylation is 1. The minimum Gasteiger partial charge on any atom is -0.465 e. The molecule has 2 atom stereocenters. The molecule has 2 heterocycles. The highest BCUT2D eigenvalue weighted by molar-refractivity contribution is 6.33. The van der Waals surface area contributed by atoms with Crippen LogP contribution in [0.15, 0.2) is 60.7 Å². The molecule has 0 saturated carbocycles. The van der Waals surface area contributed by atoms with Crippen molar-refractivity contribution in [3.8, 4) is 11.1 Å². The van der Waals surface area contributed by atoms with E-state index in [2.05, 4.69) is 29.7 Å². The molecule has 7 nitrogen and oxygen atoms in total. The van der Waals surface area contributed by atoms with Gasteiger partial charge < -0.3 is 25.7 Å². The second kappa shape index (κ2) is 13.3. The molecule has 1 fully saturated rings. The third-order valence-corrected chi connectivity index (χ3v) is 9.15. The molecule has 2 aliphatic heterocycles. The second-order valence-electron chi connectivity index (χ2n) is 11.5. The predicted molar refractivity (Wildman–Crippen MR) is 166 cm³/mol. The SMILES string of the molecule is CCc1cccc(-c2c(Cl)cccc2C(O)(CCCNC(=O)O)C2CCCN(C(=O)c3ccc4c(c3)CCNC4)C2)c1. The first kappa shape index (κ1) is 30.1. The molecule has 2 unspecified atom stereocenters. The van der Waals surface area contributed by atoms with Crippen LogP contribution in [0.2, 0.25) is 5.02 Å². The lowest BCUT2D eigenvalue weighted by Crippen LogP contribution is -2.48. The monoisotopic (exact) mass is 589 g/mol. The van der Waals surface area contributed by atoms with E-state index in [9.17, 15) is 14.7 Å². The number of carbonyl (C=O) groups excluding carboxylic acids is 1. The van der Waals surface area contributed by atoms with E-state index in [1.165, 1.54) is 16.7 Å². The fraction of sp³-hybridized carbons (Fsp3) is 0.412. The van der Waals surface area contributed by atoms with Gasteiger partial charge in [-0.15, -0.1) is 0 Å². The number of nitrogens with zero attached hydrogens (tertiary/aromatic N) is 1. The number of amides is 2. The Morgan fingerprint density at radius 3 is 2.76 bits per heavy atom. The maximum Gasteiger partial charge on any atom is 0.404 e. The van der Waals surface area contributed by atoms with Crippen molar-refractivity contribution in [1.29, 1.82) is 0 Å². The lowest BCUT2D eigenvalue weighted by molar-refractivity contribution is -0.0563. The van der Waals surface area contributed by atoms with Crippen molar-refractivity contribution in [2.45, 2.75) is 57.6 Å². The smallest absolute Gasteiger partial charge is 0.404 e. The molecule has 8 heteroatoms. The molecule has 3 aromatic carbocycles. The molecule has 0 aliphatic carbocycles. The highest BCUT2D eigenvalue weighted by Gasteiger charge is 2.43. The van der Waals surface area contributed by atoms with Gasteiger partial charge in [0.25, 0.3) is 5.91 Å². The molecule has 0 aromatic heterocycles. The summed E-state index contributed by atoms with van der Waals surface area (Å²) < 4.78 is 0. The number of nitrogens with one attached hydrogen (secondary N) is 2. The van der Waals surface area contributed by atoms with Crippen molar-refractivity contribution >= 4 is 23.6 Å². The Hall–Kier alpha value is -3.39. The number of hydrogen-bond donors (Lipinski definition) is 4. The van der Waals surface area contributed by atoms with Gasteiger partial charge >= 0.3 is 6.09 Å². The van der Waals surface area contributed by atoms with Crippen LogP contribution in [0.3, 0.4) is 0 Å². The van der Waals surface area contributed by atoms with Crippen molar-refractivity contribution < 1.29 is 19.8 Å². The lowest BCUT2D eigenvalue weighted by Gasteiger charge is -2.44. The van der Waals surface area contributed by atoms with E-state index in [-0.39, 0.29) is 18.4 Å². The third kappa shape index (κ3) is 6.48. The normalized spacial score (nSPS) is 18.2. The van der Waals surface area contributed by atoms with Crippen LogP contribution in [0.4, 0.5) is 4.79 Å². The number of carboxylic acid groups (broad SMARTS) is 1. The quantitative estimate of drug-likeness (QED) is 0.229. The largest absolute Gasteiger partial charge is 0.465 e. The number of hydrogen-bond acceptors (Lipinski definition) is 4. The van der Waals surface area contributed by atoms with Crippen LogP contribution in [0, 0.1) is 5.92 Å². The average molecular weight is 590 g/mol. The van der Waals surface area contributed by atoms with Crippen LogP contribution in [-0.2, 0) is 25.0 Å². The summed E-state index contributed by atoms with van der Waals surface area (Å²) in [5.41, 5.74) is 5.42. The number of carbonyl (C=O) groups is 2. The van der Waals surface area contributed by atoms with Crippen molar-refractivity contribution in [2.24, 2.45) is 5.92 Å². The number of halogens is 1. The van der Waals surface area contributed by atoms with Gasteiger partial charge in [0.05, 0.1) is 5.60 Å². The molecule has 0 spiro atoms. The number of fused-ring (bicyclic) bond motifs is 1. The van der Waals surface area contributed by atoms with E-state index in [0.29, 0.717) is 36.5 Å². The Bertz CT molecular complexity index is 1440. The van der Waals surface area contributed by atoms with Crippen LogP contribution >= 0.6 is 11.6 Å². The summed E-state index contributed by atoms with van der Waals surface area (Å²) in [6.07, 6.45) is 2.96. The van der Waals surface area contributed by atoms with Gasteiger partial charge in [0.2, 0.25) is 0 Å². The highest BCUT2D eigenvalue weighted by atomic mass is 35.5. The number of rotatable bonds is 9. The summed E-state index contributed by atoms with van der Waals surface area (Å²) in [7, 11) is 0. The fourth-order valence-corrected chi connectivity index (χ4v) is 6.86. The molecule has 0 bridgehead atoms. The van der Waals surface area contributed by atoms with E-state index >= 15 is 0 Å². The first-order valence-corrected chi connectivity index (χ1v) is 15.4. The van der Waals surface area contributed by atoms with Crippen molar-refractivity contribution in [3.05, 3.63) is 93.5 Å². The minimum atomic E-state index is -1.33. The van der Waals surface area contributed by atoms with E-state index in [4.69, 9.17) is 16.7 Å². The van der Waals surface area contributed by atoms with E-state index in [0.717, 1.165) is 55.5 Å². The van der Waals surface area contributed by atoms with Gasteiger partial charge in [0.1, 0.15) is 0 Å². The summed E-state index contributed by atoms with van der Waals surface area (Å²) in [4.78, 5) is 26.8. The molecule has 4 N–H and O–H groups in total. The van der Waals surface area contributed by atoms with E-state index < -0.39 is 11.7 Å². The summed E-state index contributed by atoms with van der Waals surface area (Å²) in [5.74, 6) is -0.272. The number of piperidine rings is 1. The highest BCUT2D eigenvalue weighted by Crippen LogP contribution is 2.45. The van der Waals surface area contributed by atoms with Crippen LogP contribution in [0.5, 0.6) is 0 Å². The van der Waals surface area contributed by atoms with Crippen LogP contribution in [-0.4, -0.2) is 53.3 Å². The Kier molecular flexibility index (Phi) is 9.51. The van der Waals surface area contributed by atoms with Gasteiger partial charge in [-0.1, -0.05) is 61.0 Å². The standard InChI is InChI=1S/C34H40ClN3O4/c1-2-23-7-3-8-25(19-23)31-29(10-4-11-30(31)35)34(42,15-6-16-37-33(40)41)28-9-5-18-38(22-28)32(39)26-12-13-27-21-36-17-14-24(27)20-26/h3-4,7-8,10-13,19-20,28,36-37,42H,2,5-6,9,14-18,21-22H2,1H3,(H,40,41). The Labute approximate surface area is 252 Å². The summed E-state index contributed by atoms with van der Waals surface area (Å²) >= 11 is 6.85. The Morgan fingerprint density at radius 1 is 1.12 bits per heavy atom. The van der Waals surface area contributed by atoms with Gasteiger partial charge in [-0.2, -0.15) is 0 Å². The van der Waals surface area contributed by atoms with Gasteiger partial charge in [-0.05, 0) is 91.1 Å². The second-order valence-corrected chi connectivity index (χ2v) is 11.9. The summed E-state index contributed by atoms with van der Waals surface area (Å²) in [5, 5.41) is 28.2. The molecule has 2 amide bonds. The zero-order valence-corrected chi connectivity index (χ0v) is 24.9. The van der Waals surface area contributed by atoms with Gasteiger partial charge in [0.15, 0.2) is 0 Å². The van der Waals surface area contributed by atoms with Crippen LogP contribution < -0.4 is 10.6 Å². The summed E-state index contributed by atoms with van der Waals surface area (Å²) in [6.45, 7) is 5.09. The molecule has 5 rings (SSSR count). The molecule has 2 aliphatic rings.